The van der Waals surface area contributed by atoms with E-state index in [1.165, 1.54) is 12.4 Å². The van der Waals surface area contributed by atoms with Gasteiger partial charge in [0.05, 0.1) is 31.2 Å². The lowest BCUT2D eigenvalue weighted by Crippen LogP contribution is -2.36. The summed E-state index contributed by atoms with van der Waals surface area (Å²) in [6, 6.07) is 0. The fraction of sp³-hybridized carbons (Fsp3) is 0.556. The van der Waals surface area contributed by atoms with E-state index in [1.54, 1.807) is 0 Å². The van der Waals surface area contributed by atoms with Gasteiger partial charge in [-0.05, 0) is 0 Å². The molecule has 17 heavy (non-hydrogen) atoms. The van der Waals surface area contributed by atoms with E-state index >= 15 is 0 Å². The van der Waals surface area contributed by atoms with Crippen molar-refractivity contribution in [3.63, 3.8) is 0 Å². The average molecular weight is 270 g/mol. The zero-order valence-electron chi connectivity index (χ0n) is 8.78. The zero-order chi connectivity index (χ0) is 12.9. The molecule has 0 aromatic carbocycles. The molecule has 0 aliphatic rings. The van der Waals surface area contributed by atoms with Crippen molar-refractivity contribution < 1.29 is 18.3 Å². The topological polar surface area (TPSA) is 49.2 Å². The largest absolute Gasteiger partial charge is 0.401 e. The molecule has 8 heteroatoms. The Morgan fingerprint density at radius 2 is 2.00 bits per heavy atom. The minimum absolute atomic E-state index is 0.0375. The monoisotopic (exact) mass is 269 g/mol. The van der Waals surface area contributed by atoms with Crippen LogP contribution in [0, 0.1) is 0 Å². The second-order valence-corrected chi connectivity index (χ2v) is 3.77. The number of halogens is 4. The lowest BCUT2D eigenvalue weighted by molar-refractivity contribution is -0.148. The third-order valence-corrected chi connectivity index (χ3v) is 2.07. The van der Waals surface area contributed by atoms with Crippen molar-refractivity contribution in [2.45, 2.75) is 12.7 Å². The minimum atomic E-state index is -4.31. The molecule has 1 N–H and O–H groups in total. The molecular weight excluding hydrogens is 259 g/mol. The van der Waals surface area contributed by atoms with Crippen molar-refractivity contribution in [2.75, 3.05) is 19.7 Å². The van der Waals surface area contributed by atoms with Gasteiger partial charge in [-0.25, -0.2) is 4.98 Å². The number of aliphatic hydroxyl groups excluding tert-OH is 1. The highest BCUT2D eigenvalue weighted by Gasteiger charge is 2.30. The second kappa shape index (κ2) is 6.13. The summed E-state index contributed by atoms with van der Waals surface area (Å²) in [5, 5.41) is 8.87. The first-order valence-corrected chi connectivity index (χ1v) is 5.15. The van der Waals surface area contributed by atoms with Crippen molar-refractivity contribution >= 4 is 11.6 Å². The smallest absolute Gasteiger partial charge is 0.395 e. The molecule has 0 atom stereocenters. The molecule has 0 amide bonds. The summed E-state index contributed by atoms with van der Waals surface area (Å²) in [6.45, 7) is -1.57. The van der Waals surface area contributed by atoms with Crippen LogP contribution in [-0.2, 0) is 6.54 Å². The summed E-state index contributed by atoms with van der Waals surface area (Å²) in [5.74, 6) is 0. The van der Waals surface area contributed by atoms with E-state index < -0.39 is 12.7 Å². The first kappa shape index (κ1) is 14.1. The van der Waals surface area contributed by atoms with Crippen molar-refractivity contribution in [3.05, 3.63) is 23.2 Å². The van der Waals surface area contributed by atoms with Crippen molar-refractivity contribution in [2.24, 2.45) is 0 Å². The van der Waals surface area contributed by atoms with E-state index in [1.807, 2.05) is 0 Å². The van der Waals surface area contributed by atoms with Gasteiger partial charge in [-0.3, -0.25) is 9.88 Å². The molecule has 0 saturated heterocycles. The van der Waals surface area contributed by atoms with Crippen LogP contribution in [0.2, 0.25) is 5.15 Å². The molecule has 0 fully saturated rings. The van der Waals surface area contributed by atoms with Gasteiger partial charge in [-0.15, -0.1) is 0 Å². The van der Waals surface area contributed by atoms with E-state index in [0.29, 0.717) is 5.69 Å². The Labute approximate surface area is 101 Å². The Bertz CT molecular complexity index is 344. The van der Waals surface area contributed by atoms with E-state index in [-0.39, 0.29) is 24.8 Å². The van der Waals surface area contributed by atoms with Crippen LogP contribution in [0.1, 0.15) is 5.69 Å². The van der Waals surface area contributed by atoms with Crippen molar-refractivity contribution in [1.29, 1.82) is 0 Å². The predicted molar refractivity (Wildman–Crippen MR) is 55.5 cm³/mol. The van der Waals surface area contributed by atoms with E-state index in [0.717, 1.165) is 4.90 Å². The van der Waals surface area contributed by atoms with Gasteiger partial charge in [0.15, 0.2) is 0 Å². The maximum atomic E-state index is 12.2. The highest BCUT2D eigenvalue weighted by Crippen LogP contribution is 2.17. The van der Waals surface area contributed by atoms with Gasteiger partial charge in [0.2, 0.25) is 0 Å². The predicted octanol–water partition coefficient (Wildman–Crippen LogP) is 1.49. The quantitative estimate of drug-likeness (QED) is 0.880. The SMILES string of the molecule is OCCN(Cc1cnc(Cl)cn1)CC(F)(F)F. The van der Waals surface area contributed by atoms with Crippen molar-refractivity contribution in [3.8, 4) is 0 Å². The third-order valence-electron chi connectivity index (χ3n) is 1.88. The van der Waals surface area contributed by atoms with E-state index in [2.05, 4.69) is 9.97 Å². The first-order valence-electron chi connectivity index (χ1n) is 4.77. The summed E-state index contributed by atoms with van der Waals surface area (Å²) in [7, 11) is 0. The average Bonchev–Trinajstić information content (AvgIpc) is 2.19. The number of alkyl halides is 3. The number of hydrogen-bond acceptors (Lipinski definition) is 4. The molecule has 1 aromatic heterocycles. The zero-order valence-corrected chi connectivity index (χ0v) is 9.54. The van der Waals surface area contributed by atoms with Gasteiger partial charge >= 0.3 is 6.18 Å². The van der Waals surface area contributed by atoms with Gasteiger partial charge in [0, 0.05) is 13.1 Å². The maximum Gasteiger partial charge on any atom is 0.401 e. The van der Waals surface area contributed by atoms with Crippen molar-refractivity contribution in [1.82, 2.24) is 14.9 Å². The Morgan fingerprint density at radius 3 is 2.47 bits per heavy atom. The number of aliphatic hydroxyl groups is 1. The third kappa shape index (κ3) is 5.81. The lowest BCUT2D eigenvalue weighted by atomic mass is 10.3. The van der Waals surface area contributed by atoms with Crippen LogP contribution >= 0.6 is 11.6 Å². The number of nitrogens with zero attached hydrogens (tertiary/aromatic N) is 3. The summed E-state index contributed by atoms with van der Waals surface area (Å²) in [4.78, 5) is 8.61. The van der Waals surface area contributed by atoms with Crippen LogP contribution in [0.5, 0.6) is 0 Å². The van der Waals surface area contributed by atoms with Crippen LogP contribution in [0.4, 0.5) is 13.2 Å². The van der Waals surface area contributed by atoms with Crippen LogP contribution in [0.15, 0.2) is 12.4 Å². The Kier molecular flexibility index (Phi) is 5.10. The summed E-state index contributed by atoms with van der Waals surface area (Å²) in [6.07, 6.45) is -1.74. The van der Waals surface area contributed by atoms with Crippen LogP contribution in [0.3, 0.4) is 0 Å². The van der Waals surface area contributed by atoms with Crippen LogP contribution < -0.4 is 0 Å². The molecule has 0 spiro atoms. The molecule has 0 unspecified atom stereocenters. The standard InChI is InChI=1S/C9H11ClF3N3O/c10-8-4-14-7(3-15-8)5-16(1-2-17)6-9(11,12)13/h3-4,17H,1-2,5-6H2. The molecule has 4 nitrogen and oxygen atoms in total. The summed E-state index contributed by atoms with van der Waals surface area (Å²) >= 11 is 5.51. The second-order valence-electron chi connectivity index (χ2n) is 3.38. The lowest BCUT2D eigenvalue weighted by Gasteiger charge is -2.21. The molecule has 0 radical (unpaired) electrons. The molecule has 0 saturated carbocycles. The van der Waals surface area contributed by atoms with Gasteiger partial charge in [-0.2, -0.15) is 13.2 Å². The summed E-state index contributed by atoms with van der Waals surface area (Å²) < 4.78 is 36.6. The summed E-state index contributed by atoms with van der Waals surface area (Å²) in [5.41, 5.74) is 0.368. The van der Waals surface area contributed by atoms with E-state index in [9.17, 15) is 13.2 Å². The molecule has 1 heterocycles. The molecule has 1 aromatic rings. The van der Waals surface area contributed by atoms with Crippen LogP contribution in [0.25, 0.3) is 0 Å². The maximum absolute atomic E-state index is 12.2. The highest BCUT2D eigenvalue weighted by molar-refractivity contribution is 6.29. The van der Waals surface area contributed by atoms with Crippen LogP contribution in [-0.4, -0.2) is 45.8 Å². The molecule has 0 bridgehead atoms. The Morgan fingerprint density at radius 1 is 1.29 bits per heavy atom. The number of rotatable bonds is 5. The van der Waals surface area contributed by atoms with Gasteiger partial charge < -0.3 is 5.11 Å². The van der Waals surface area contributed by atoms with Gasteiger partial charge in [0.25, 0.3) is 0 Å². The van der Waals surface area contributed by atoms with Gasteiger partial charge in [-0.1, -0.05) is 11.6 Å². The normalized spacial score (nSPS) is 12.1. The molecular formula is C9H11ClF3N3O. The molecule has 0 aliphatic carbocycles. The Hall–Kier alpha value is -0.920. The molecule has 96 valence electrons. The fourth-order valence-electron chi connectivity index (χ4n) is 1.26. The minimum Gasteiger partial charge on any atom is -0.395 e. The van der Waals surface area contributed by atoms with Gasteiger partial charge in [0.1, 0.15) is 5.15 Å². The Balaban J connectivity index is 2.63. The highest BCUT2D eigenvalue weighted by atomic mass is 35.5. The first-order chi connectivity index (χ1) is 7.90. The molecule has 0 aliphatic heterocycles. The molecule has 1 rings (SSSR count). The number of hydrogen-bond donors (Lipinski definition) is 1. The fourth-order valence-corrected chi connectivity index (χ4v) is 1.36. The number of aromatic nitrogens is 2. The van der Waals surface area contributed by atoms with E-state index in [4.69, 9.17) is 16.7 Å².